The number of halogens is 2. The van der Waals surface area contributed by atoms with Crippen LogP contribution in [-0.4, -0.2) is 48.1 Å². The van der Waals surface area contributed by atoms with Gasteiger partial charge in [0.1, 0.15) is 22.7 Å². The van der Waals surface area contributed by atoms with Gasteiger partial charge < -0.3 is 20.4 Å². The van der Waals surface area contributed by atoms with E-state index in [0.29, 0.717) is 29.4 Å². The van der Waals surface area contributed by atoms with Crippen LogP contribution in [0.5, 0.6) is 0 Å². The lowest BCUT2D eigenvalue weighted by Gasteiger charge is -2.18. The number of ether oxygens (including phenoxy) is 1. The average molecular weight is 419 g/mol. The molecule has 0 fully saturated rings. The first-order valence-corrected chi connectivity index (χ1v) is 9.30. The maximum Gasteiger partial charge on any atom is 0.268 e. The van der Waals surface area contributed by atoms with Crippen LogP contribution in [0.25, 0.3) is 10.9 Å². The first kappa shape index (κ1) is 20.8. The molecule has 2 amide bonds. The number of carbonyl (C=O) groups excluding carboxylic acids is 2. The number of hydrogen-bond acceptors (Lipinski definition) is 4. The molecule has 0 radical (unpaired) electrons. The summed E-state index contributed by atoms with van der Waals surface area (Å²) >= 11 is 5.88. The summed E-state index contributed by atoms with van der Waals surface area (Å²) < 4.78 is 18.1. The van der Waals surface area contributed by atoms with Crippen molar-refractivity contribution >= 4 is 34.3 Å². The quantitative estimate of drug-likeness (QED) is 0.387. The minimum atomic E-state index is -0.849. The Bertz CT molecular complexity index is 1010. The number of H-pyrrole nitrogens is 1. The van der Waals surface area contributed by atoms with Crippen molar-refractivity contribution in [3.63, 3.8) is 0 Å². The maximum absolute atomic E-state index is 13.2. The van der Waals surface area contributed by atoms with Gasteiger partial charge in [0.25, 0.3) is 5.91 Å². The van der Waals surface area contributed by atoms with Gasteiger partial charge in [-0.15, -0.1) is 0 Å². The van der Waals surface area contributed by atoms with Crippen molar-refractivity contribution in [2.24, 2.45) is 0 Å². The number of amides is 2. The van der Waals surface area contributed by atoms with Crippen molar-refractivity contribution in [3.8, 4) is 0 Å². The highest BCUT2D eigenvalue weighted by atomic mass is 35.5. The number of methoxy groups -OCH3 is 1. The SMILES string of the molecule is COCCNC(=O)[C@H](Cc1ccc(F)cc1)NC(=O)c1cc2cc(Cl)ncc2[nH]1. The minimum Gasteiger partial charge on any atom is -0.383 e. The molecule has 7 nitrogen and oxygen atoms in total. The second-order valence-electron chi connectivity index (χ2n) is 6.42. The summed E-state index contributed by atoms with van der Waals surface area (Å²) in [7, 11) is 1.53. The number of hydrogen-bond donors (Lipinski definition) is 3. The number of carbonyl (C=O) groups is 2. The summed E-state index contributed by atoms with van der Waals surface area (Å²) in [6.45, 7) is 0.653. The van der Waals surface area contributed by atoms with Crippen LogP contribution in [0.15, 0.2) is 42.6 Å². The van der Waals surface area contributed by atoms with Crippen LogP contribution >= 0.6 is 11.6 Å². The van der Waals surface area contributed by atoms with Crippen molar-refractivity contribution in [1.82, 2.24) is 20.6 Å². The molecule has 0 aliphatic carbocycles. The van der Waals surface area contributed by atoms with E-state index in [1.54, 1.807) is 24.3 Å². The Morgan fingerprint density at radius 2 is 2.03 bits per heavy atom. The Kier molecular flexibility index (Phi) is 6.79. The van der Waals surface area contributed by atoms with E-state index in [-0.39, 0.29) is 23.8 Å². The molecule has 9 heteroatoms. The van der Waals surface area contributed by atoms with Crippen molar-refractivity contribution < 1.29 is 18.7 Å². The molecule has 3 N–H and O–H groups in total. The lowest BCUT2D eigenvalue weighted by molar-refractivity contribution is -0.123. The lowest BCUT2D eigenvalue weighted by Crippen LogP contribution is -2.48. The molecule has 0 bridgehead atoms. The summed E-state index contributed by atoms with van der Waals surface area (Å²) in [5.74, 6) is -1.18. The van der Waals surface area contributed by atoms with Gasteiger partial charge in [0, 0.05) is 25.5 Å². The van der Waals surface area contributed by atoms with Crippen molar-refractivity contribution in [1.29, 1.82) is 0 Å². The third-order valence-electron chi connectivity index (χ3n) is 4.30. The number of fused-ring (bicyclic) bond motifs is 1. The fourth-order valence-electron chi connectivity index (χ4n) is 2.83. The summed E-state index contributed by atoms with van der Waals surface area (Å²) in [4.78, 5) is 32.2. The zero-order valence-corrected chi connectivity index (χ0v) is 16.4. The fraction of sp³-hybridized carbons (Fsp3) is 0.250. The van der Waals surface area contributed by atoms with Crippen LogP contribution < -0.4 is 10.6 Å². The van der Waals surface area contributed by atoms with E-state index in [1.165, 1.54) is 25.4 Å². The molecule has 2 aromatic heterocycles. The largest absolute Gasteiger partial charge is 0.383 e. The topological polar surface area (TPSA) is 96.1 Å². The van der Waals surface area contributed by atoms with Crippen molar-refractivity contribution in [2.45, 2.75) is 12.5 Å². The maximum atomic E-state index is 13.2. The molecule has 0 saturated carbocycles. The third kappa shape index (κ3) is 5.52. The van der Waals surface area contributed by atoms with Crippen LogP contribution in [0.2, 0.25) is 5.15 Å². The van der Waals surface area contributed by atoms with E-state index < -0.39 is 11.9 Å². The van der Waals surface area contributed by atoms with E-state index in [0.717, 1.165) is 5.39 Å². The number of nitrogens with zero attached hydrogens (tertiary/aromatic N) is 1. The molecular formula is C20H20ClFN4O3. The summed E-state index contributed by atoms with van der Waals surface area (Å²) in [6.07, 6.45) is 1.74. The molecule has 1 aromatic carbocycles. The molecule has 0 aliphatic heterocycles. The average Bonchev–Trinajstić information content (AvgIpc) is 3.12. The zero-order chi connectivity index (χ0) is 20.8. The number of nitrogens with one attached hydrogen (secondary N) is 3. The van der Waals surface area contributed by atoms with Crippen molar-refractivity contribution in [2.75, 3.05) is 20.3 Å². The smallest absolute Gasteiger partial charge is 0.268 e. The van der Waals surface area contributed by atoms with Gasteiger partial charge in [-0.05, 0) is 29.8 Å². The molecule has 2 heterocycles. The lowest BCUT2D eigenvalue weighted by atomic mass is 10.0. The first-order chi connectivity index (χ1) is 14.0. The predicted octanol–water partition coefficient (Wildman–Crippen LogP) is 2.46. The predicted molar refractivity (Wildman–Crippen MR) is 107 cm³/mol. The zero-order valence-electron chi connectivity index (χ0n) is 15.7. The van der Waals surface area contributed by atoms with Crippen LogP contribution in [0.3, 0.4) is 0 Å². The Hall–Kier alpha value is -2.97. The van der Waals surface area contributed by atoms with Gasteiger partial charge in [-0.25, -0.2) is 9.37 Å². The number of pyridine rings is 1. The van der Waals surface area contributed by atoms with Gasteiger partial charge in [-0.1, -0.05) is 23.7 Å². The Morgan fingerprint density at radius 1 is 1.28 bits per heavy atom. The van der Waals surface area contributed by atoms with E-state index in [2.05, 4.69) is 20.6 Å². The summed E-state index contributed by atoms with van der Waals surface area (Å²) in [6, 6.07) is 8.20. The van der Waals surface area contributed by atoms with E-state index in [9.17, 15) is 14.0 Å². The van der Waals surface area contributed by atoms with Crippen LogP contribution in [-0.2, 0) is 16.0 Å². The van der Waals surface area contributed by atoms with Gasteiger partial charge in [0.15, 0.2) is 0 Å². The highest BCUT2D eigenvalue weighted by molar-refractivity contribution is 6.30. The van der Waals surface area contributed by atoms with E-state index in [4.69, 9.17) is 16.3 Å². The molecule has 29 heavy (non-hydrogen) atoms. The molecule has 1 atom stereocenters. The Balaban J connectivity index is 1.77. The minimum absolute atomic E-state index is 0.207. The third-order valence-corrected chi connectivity index (χ3v) is 4.50. The highest BCUT2D eigenvalue weighted by Crippen LogP contribution is 2.18. The molecule has 0 saturated heterocycles. The number of benzene rings is 1. The van der Waals surface area contributed by atoms with E-state index in [1.807, 2.05) is 0 Å². The molecule has 3 aromatic rings. The van der Waals surface area contributed by atoms with Crippen LogP contribution in [0, 0.1) is 5.82 Å². The Labute approximate surface area is 171 Å². The van der Waals surface area contributed by atoms with Gasteiger partial charge in [-0.2, -0.15) is 0 Å². The van der Waals surface area contributed by atoms with E-state index >= 15 is 0 Å². The summed E-state index contributed by atoms with van der Waals surface area (Å²) in [5, 5.41) is 6.49. The molecule has 0 unspecified atom stereocenters. The van der Waals surface area contributed by atoms with Gasteiger partial charge in [0.2, 0.25) is 5.91 Å². The second kappa shape index (κ2) is 9.49. The van der Waals surface area contributed by atoms with Gasteiger partial charge in [-0.3, -0.25) is 9.59 Å². The number of aromatic nitrogens is 2. The highest BCUT2D eigenvalue weighted by Gasteiger charge is 2.22. The van der Waals surface area contributed by atoms with Crippen LogP contribution in [0.4, 0.5) is 4.39 Å². The molecule has 3 rings (SSSR count). The fourth-order valence-corrected chi connectivity index (χ4v) is 2.99. The monoisotopic (exact) mass is 418 g/mol. The second-order valence-corrected chi connectivity index (χ2v) is 6.81. The molecular weight excluding hydrogens is 399 g/mol. The number of aromatic amines is 1. The van der Waals surface area contributed by atoms with Crippen LogP contribution in [0.1, 0.15) is 16.1 Å². The normalized spacial score (nSPS) is 12.0. The van der Waals surface area contributed by atoms with Gasteiger partial charge >= 0.3 is 0 Å². The molecule has 0 spiro atoms. The first-order valence-electron chi connectivity index (χ1n) is 8.92. The standard InChI is InChI=1S/C20H20ClFN4O3/c1-29-7-6-23-19(27)15(8-12-2-4-14(22)5-3-12)26-20(28)16-9-13-10-18(21)24-11-17(13)25-16/h2-5,9-11,15,25H,6-8H2,1H3,(H,23,27)(H,26,28)/t15-/m0/s1. The molecule has 0 aliphatic rings. The molecule has 152 valence electrons. The van der Waals surface area contributed by atoms with Crippen molar-refractivity contribution in [3.05, 3.63) is 64.8 Å². The summed E-state index contributed by atoms with van der Waals surface area (Å²) in [5.41, 5.74) is 1.64. The van der Waals surface area contributed by atoms with Gasteiger partial charge in [0.05, 0.1) is 18.3 Å². The number of rotatable bonds is 8. The Morgan fingerprint density at radius 3 is 2.76 bits per heavy atom.